The molecule has 170 valence electrons. The molecule has 33 heavy (non-hydrogen) atoms. The number of ether oxygens (including phenoxy) is 1. The van der Waals surface area contributed by atoms with Gasteiger partial charge in [0.05, 0.1) is 26.9 Å². The third-order valence-electron chi connectivity index (χ3n) is 4.81. The second-order valence-corrected chi connectivity index (χ2v) is 8.84. The van der Waals surface area contributed by atoms with Crippen molar-refractivity contribution in [3.63, 3.8) is 0 Å². The van der Waals surface area contributed by atoms with Crippen LogP contribution in [-0.2, 0) is 0 Å². The van der Waals surface area contributed by atoms with Crippen LogP contribution in [0.4, 0.5) is 5.13 Å². The monoisotopic (exact) mass is 505 g/mol. The molecule has 1 unspecified atom stereocenters. The first-order valence-electron chi connectivity index (χ1n) is 9.63. The van der Waals surface area contributed by atoms with Crippen LogP contribution in [0.3, 0.4) is 0 Å². The van der Waals surface area contributed by atoms with Crippen molar-refractivity contribution in [1.82, 2.24) is 9.97 Å². The molecule has 0 saturated carbocycles. The summed E-state index contributed by atoms with van der Waals surface area (Å²) in [6, 6.07) is 11.8. The van der Waals surface area contributed by atoms with Crippen molar-refractivity contribution < 1.29 is 24.5 Å². The highest BCUT2D eigenvalue weighted by Gasteiger charge is 2.22. The number of aliphatic hydroxyl groups excluding tert-OH is 1. The number of carbonyl (C=O) groups is 2. The van der Waals surface area contributed by atoms with E-state index < -0.39 is 18.0 Å². The number of carboxylic acids is 1. The largest absolute Gasteiger partial charge is 0.481 e. The summed E-state index contributed by atoms with van der Waals surface area (Å²) >= 11 is 13.2. The normalized spacial score (nSPS) is 12.0. The average molecular weight is 506 g/mol. The number of benzene rings is 2. The van der Waals surface area contributed by atoms with Crippen molar-refractivity contribution in [3.8, 4) is 5.75 Å². The highest BCUT2D eigenvalue weighted by molar-refractivity contribution is 7.22. The van der Waals surface area contributed by atoms with Gasteiger partial charge in [0.25, 0.3) is 5.91 Å². The van der Waals surface area contributed by atoms with E-state index in [9.17, 15) is 19.8 Å². The molecule has 11 heteroatoms. The molecule has 2 heterocycles. The van der Waals surface area contributed by atoms with Crippen LogP contribution in [0.25, 0.3) is 10.2 Å². The van der Waals surface area contributed by atoms with Crippen LogP contribution in [0.1, 0.15) is 38.2 Å². The van der Waals surface area contributed by atoms with E-state index in [2.05, 4.69) is 15.3 Å². The van der Waals surface area contributed by atoms with E-state index in [-0.39, 0.29) is 38.8 Å². The smallest absolute Gasteiger partial charge is 0.335 e. The molecule has 0 radical (unpaired) electrons. The summed E-state index contributed by atoms with van der Waals surface area (Å²) in [5.74, 6) is -1.53. The lowest BCUT2D eigenvalue weighted by Gasteiger charge is -2.18. The molecule has 1 amide bonds. The number of aromatic nitrogens is 2. The number of nitrogens with one attached hydrogen (secondary N) is 2. The van der Waals surface area contributed by atoms with Gasteiger partial charge < -0.3 is 19.9 Å². The highest BCUT2D eigenvalue weighted by Crippen LogP contribution is 2.37. The Balaban J connectivity index is 1.70. The second-order valence-electron chi connectivity index (χ2n) is 7.05. The number of thiazole rings is 1. The van der Waals surface area contributed by atoms with Gasteiger partial charge in [-0.2, -0.15) is 0 Å². The number of aromatic carboxylic acids is 1. The van der Waals surface area contributed by atoms with Gasteiger partial charge in [-0.15, -0.1) is 0 Å². The molecule has 0 fully saturated rings. The Morgan fingerprint density at radius 3 is 2.55 bits per heavy atom. The summed E-state index contributed by atoms with van der Waals surface area (Å²) in [7, 11) is 0. The molecular weight excluding hydrogens is 489 g/mol. The van der Waals surface area contributed by atoms with Crippen molar-refractivity contribution in [2.24, 2.45) is 0 Å². The van der Waals surface area contributed by atoms with Crippen LogP contribution in [0.2, 0.25) is 10.0 Å². The quantitative estimate of drug-likeness (QED) is 0.270. The number of carboxylic acid groups (broad SMARTS) is 1. The SMILES string of the molecule is Cc1[nH]c(C(=O)Nc2nc3c(OC(CO)c4ccccc4)cc(C(=O)O)cc3s2)c(Cl)c1Cl. The van der Waals surface area contributed by atoms with Crippen molar-refractivity contribution in [3.05, 3.63) is 75.0 Å². The van der Waals surface area contributed by atoms with Crippen molar-refractivity contribution in [2.75, 3.05) is 11.9 Å². The Morgan fingerprint density at radius 2 is 1.94 bits per heavy atom. The van der Waals surface area contributed by atoms with Crippen LogP contribution in [0, 0.1) is 6.92 Å². The lowest BCUT2D eigenvalue weighted by molar-refractivity contribution is 0.0695. The molecule has 0 spiro atoms. The zero-order valence-corrected chi connectivity index (χ0v) is 19.4. The Bertz CT molecular complexity index is 1350. The van der Waals surface area contributed by atoms with E-state index in [0.717, 1.165) is 11.3 Å². The van der Waals surface area contributed by atoms with Crippen molar-refractivity contribution in [1.29, 1.82) is 0 Å². The number of hydrogen-bond donors (Lipinski definition) is 4. The molecule has 8 nitrogen and oxygen atoms in total. The number of fused-ring (bicyclic) bond motifs is 1. The van der Waals surface area contributed by atoms with Gasteiger partial charge in [0.2, 0.25) is 0 Å². The first-order valence-corrected chi connectivity index (χ1v) is 11.2. The van der Waals surface area contributed by atoms with Gasteiger partial charge in [0, 0.05) is 5.69 Å². The Kier molecular flexibility index (Phi) is 6.57. The molecule has 0 aliphatic carbocycles. The van der Waals surface area contributed by atoms with Gasteiger partial charge in [-0.1, -0.05) is 64.9 Å². The molecule has 0 aliphatic rings. The van der Waals surface area contributed by atoms with Crippen LogP contribution in [-0.4, -0.2) is 38.7 Å². The second kappa shape index (κ2) is 9.40. The molecule has 0 bridgehead atoms. The van der Waals surface area contributed by atoms with E-state index in [4.69, 9.17) is 27.9 Å². The first kappa shape index (κ1) is 23.1. The lowest BCUT2D eigenvalue weighted by Crippen LogP contribution is -2.13. The van der Waals surface area contributed by atoms with Gasteiger partial charge >= 0.3 is 5.97 Å². The summed E-state index contributed by atoms with van der Waals surface area (Å²) < 4.78 is 6.45. The van der Waals surface area contributed by atoms with Crippen LogP contribution >= 0.6 is 34.5 Å². The minimum absolute atomic E-state index is 0.0152. The molecule has 2 aromatic heterocycles. The average Bonchev–Trinajstić information content (AvgIpc) is 3.33. The van der Waals surface area contributed by atoms with E-state index in [1.165, 1.54) is 12.1 Å². The summed E-state index contributed by atoms with van der Waals surface area (Å²) in [6.07, 6.45) is -0.735. The number of nitrogens with zero attached hydrogens (tertiary/aromatic N) is 1. The van der Waals surface area contributed by atoms with Crippen molar-refractivity contribution >= 4 is 61.8 Å². The molecular formula is C22H17Cl2N3O5S. The topological polar surface area (TPSA) is 125 Å². The number of hydrogen-bond acceptors (Lipinski definition) is 6. The number of halogens is 2. The lowest BCUT2D eigenvalue weighted by atomic mass is 10.1. The molecule has 2 aromatic carbocycles. The van der Waals surface area contributed by atoms with E-state index in [1.54, 1.807) is 31.2 Å². The van der Waals surface area contributed by atoms with Gasteiger partial charge in [-0.25, -0.2) is 9.78 Å². The van der Waals surface area contributed by atoms with Crippen LogP contribution in [0.5, 0.6) is 5.75 Å². The van der Waals surface area contributed by atoms with Gasteiger partial charge in [-0.3, -0.25) is 10.1 Å². The molecule has 4 aromatic rings. The minimum atomic E-state index is -1.15. The number of aliphatic hydroxyl groups is 1. The van der Waals surface area contributed by atoms with E-state index >= 15 is 0 Å². The predicted octanol–water partition coefficient (Wildman–Crippen LogP) is 5.30. The first-order chi connectivity index (χ1) is 15.8. The highest BCUT2D eigenvalue weighted by atomic mass is 35.5. The maximum atomic E-state index is 12.7. The Morgan fingerprint density at radius 1 is 1.21 bits per heavy atom. The molecule has 0 saturated heterocycles. The number of rotatable bonds is 7. The maximum Gasteiger partial charge on any atom is 0.335 e. The zero-order valence-electron chi connectivity index (χ0n) is 17.1. The molecule has 4 N–H and O–H groups in total. The summed E-state index contributed by atoms with van der Waals surface area (Å²) in [4.78, 5) is 31.6. The fourth-order valence-corrected chi connectivity index (χ4v) is 4.52. The minimum Gasteiger partial charge on any atom is -0.481 e. The van der Waals surface area contributed by atoms with Gasteiger partial charge in [0.15, 0.2) is 5.13 Å². The standard InChI is InChI=1S/C22H17Cl2N3O5S/c1-10-16(23)17(24)19(25-10)20(29)27-22-26-18-13(7-12(21(30)31)8-15(18)33-22)32-14(9-28)11-5-3-2-4-6-11/h2-8,14,25,28H,9H2,1H3,(H,30,31)(H,26,27,29). The van der Waals surface area contributed by atoms with Gasteiger partial charge in [0.1, 0.15) is 23.1 Å². The van der Waals surface area contributed by atoms with Gasteiger partial charge in [-0.05, 0) is 24.6 Å². The van der Waals surface area contributed by atoms with Crippen LogP contribution < -0.4 is 10.1 Å². The summed E-state index contributed by atoms with van der Waals surface area (Å²) in [5.41, 5.74) is 1.69. The molecule has 0 aliphatic heterocycles. The number of aryl methyl sites for hydroxylation is 1. The number of carbonyl (C=O) groups excluding carboxylic acids is 1. The van der Waals surface area contributed by atoms with Crippen LogP contribution in [0.15, 0.2) is 42.5 Å². The van der Waals surface area contributed by atoms with E-state index in [0.29, 0.717) is 21.5 Å². The fourth-order valence-electron chi connectivity index (χ4n) is 3.18. The predicted molar refractivity (Wildman–Crippen MR) is 127 cm³/mol. The third-order valence-corrected chi connectivity index (χ3v) is 6.68. The third kappa shape index (κ3) is 4.67. The number of aromatic amines is 1. The summed E-state index contributed by atoms with van der Waals surface area (Å²) in [6.45, 7) is 1.35. The Hall–Kier alpha value is -3.11. The van der Waals surface area contributed by atoms with E-state index in [1.807, 2.05) is 6.07 Å². The number of anilines is 1. The molecule has 1 atom stereocenters. The number of H-pyrrole nitrogens is 1. The Labute approximate surface area is 201 Å². The zero-order chi connectivity index (χ0) is 23.7. The van der Waals surface area contributed by atoms with Crippen molar-refractivity contribution in [2.45, 2.75) is 13.0 Å². The molecule has 4 rings (SSSR count). The fraction of sp³-hybridized carbons (Fsp3) is 0.136. The number of amides is 1. The maximum absolute atomic E-state index is 12.7. The summed E-state index contributed by atoms with van der Waals surface area (Å²) in [5, 5.41) is 22.6.